The maximum absolute atomic E-state index is 11.2. The van der Waals surface area contributed by atoms with Crippen molar-refractivity contribution in [1.29, 1.82) is 0 Å². The number of aromatic nitrogens is 2. The lowest BCUT2D eigenvalue weighted by atomic mass is 9.86. The van der Waals surface area contributed by atoms with Gasteiger partial charge >= 0.3 is 12.1 Å². The summed E-state index contributed by atoms with van der Waals surface area (Å²) in [5.74, 6) is 6.09. The molecule has 1 aliphatic rings. The molecule has 0 aliphatic heterocycles. The Balaban J connectivity index is 0.000000542. The minimum absolute atomic E-state index is 0. The van der Waals surface area contributed by atoms with Crippen LogP contribution in [0.1, 0.15) is 39.3 Å². The van der Waals surface area contributed by atoms with E-state index in [2.05, 4.69) is 17.6 Å². The Bertz CT molecular complexity index is 754. The number of aryl methyl sites for hydroxylation is 1. The van der Waals surface area contributed by atoms with Crippen LogP contribution in [0.4, 0.5) is 15.4 Å². The van der Waals surface area contributed by atoms with Crippen molar-refractivity contribution >= 4 is 24.4 Å². The van der Waals surface area contributed by atoms with Crippen molar-refractivity contribution in [2.45, 2.75) is 40.5 Å². The molecule has 0 fully saturated rings. The van der Waals surface area contributed by atoms with Crippen molar-refractivity contribution in [2.75, 3.05) is 19.4 Å². The molecule has 10 nitrogen and oxygen atoms in total. The summed E-state index contributed by atoms with van der Waals surface area (Å²) in [6.45, 7) is 7.96. The first-order valence-corrected chi connectivity index (χ1v) is 8.69. The summed E-state index contributed by atoms with van der Waals surface area (Å²) in [6, 6.07) is -0.409. The number of carbonyl (C=O) groups is 3. The number of anilines is 1. The van der Waals surface area contributed by atoms with Gasteiger partial charge in [-0.15, -0.1) is 0 Å². The van der Waals surface area contributed by atoms with Crippen LogP contribution in [0.3, 0.4) is 0 Å². The SMILES string of the molecule is C.C=C(C)C1CC=C(COC(=O)NC=O)CC1.Cc1ncn(C(=O)N(C)N)c1N. The molecule has 3 amide bonds. The molecule has 0 radical (unpaired) electrons. The van der Waals surface area contributed by atoms with Crippen LogP contribution in [-0.2, 0) is 9.53 Å². The molecule has 0 bridgehead atoms. The number of hydrogen-bond donors (Lipinski definition) is 3. The van der Waals surface area contributed by atoms with Gasteiger partial charge in [-0.05, 0) is 44.6 Å². The van der Waals surface area contributed by atoms with E-state index >= 15 is 0 Å². The standard InChI is InChI=1S/C12H17NO3.C6H11N5O.CH4/c1-9(2)11-5-3-10(4-6-11)7-16-12(15)13-8-14;1-4-5(7)11(3-9-4)6(12)10(2)8;/h3,8,11H,1,4-7H2,2H3,(H,13,14,15);3H,7-8H2,1-2H3;1H4. The number of ether oxygens (including phenoxy) is 1. The van der Waals surface area contributed by atoms with E-state index in [0.29, 0.717) is 23.8 Å². The van der Waals surface area contributed by atoms with Gasteiger partial charge in [0.1, 0.15) is 18.8 Å². The second kappa shape index (κ2) is 12.3. The lowest BCUT2D eigenvalue weighted by Gasteiger charge is -2.21. The summed E-state index contributed by atoms with van der Waals surface area (Å²) in [5.41, 5.74) is 8.47. The molecule has 1 aromatic rings. The lowest BCUT2D eigenvalue weighted by molar-refractivity contribution is -0.109. The highest BCUT2D eigenvalue weighted by Crippen LogP contribution is 2.28. The first-order valence-electron chi connectivity index (χ1n) is 8.69. The maximum Gasteiger partial charge on any atom is 0.413 e. The van der Waals surface area contributed by atoms with Crippen molar-refractivity contribution in [3.05, 3.63) is 35.8 Å². The van der Waals surface area contributed by atoms with Crippen LogP contribution in [0.15, 0.2) is 30.1 Å². The van der Waals surface area contributed by atoms with Gasteiger partial charge in [-0.3, -0.25) is 15.1 Å². The van der Waals surface area contributed by atoms with Gasteiger partial charge < -0.3 is 10.5 Å². The molecule has 1 heterocycles. The van der Waals surface area contributed by atoms with E-state index in [9.17, 15) is 14.4 Å². The molecule has 0 saturated carbocycles. The van der Waals surface area contributed by atoms with Crippen molar-refractivity contribution in [1.82, 2.24) is 19.9 Å². The molecule has 29 heavy (non-hydrogen) atoms. The van der Waals surface area contributed by atoms with E-state index in [4.69, 9.17) is 16.3 Å². The van der Waals surface area contributed by atoms with E-state index < -0.39 is 12.1 Å². The second-order valence-electron chi connectivity index (χ2n) is 6.50. The second-order valence-corrected chi connectivity index (χ2v) is 6.50. The van der Waals surface area contributed by atoms with Gasteiger partial charge in [-0.2, -0.15) is 0 Å². The van der Waals surface area contributed by atoms with Gasteiger partial charge in [0.2, 0.25) is 6.41 Å². The normalized spacial score (nSPS) is 14.9. The molecule has 1 atom stereocenters. The predicted octanol–water partition coefficient (Wildman–Crippen LogP) is 2.36. The Kier molecular flexibility index (Phi) is 11.0. The summed E-state index contributed by atoms with van der Waals surface area (Å²) in [7, 11) is 1.44. The fourth-order valence-corrected chi connectivity index (χ4v) is 2.48. The average Bonchev–Trinajstić information content (AvgIpc) is 2.99. The molecule has 0 aromatic carbocycles. The summed E-state index contributed by atoms with van der Waals surface area (Å²) in [4.78, 5) is 35.9. The molecular weight excluding hydrogens is 376 g/mol. The molecule has 5 N–H and O–H groups in total. The molecule has 0 saturated heterocycles. The van der Waals surface area contributed by atoms with Gasteiger partial charge in [-0.1, -0.05) is 25.7 Å². The number of nitrogen functional groups attached to an aromatic ring is 1. The van der Waals surface area contributed by atoms with Gasteiger partial charge in [0.15, 0.2) is 0 Å². The molecule has 1 aliphatic carbocycles. The zero-order valence-corrected chi connectivity index (χ0v) is 16.5. The number of alkyl carbamates (subject to hydrolysis) is 1. The first kappa shape index (κ1) is 25.9. The summed E-state index contributed by atoms with van der Waals surface area (Å²) in [5, 5.41) is 2.87. The molecule has 0 spiro atoms. The number of nitrogens with one attached hydrogen (secondary N) is 1. The highest BCUT2D eigenvalue weighted by Gasteiger charge is 2.15. The quantitative estimate of drug-likeness (QED) is 0.228. The van der Waals surface area contributed by atoms with E-state index in [-0.39, 0.29) is 14.0 Å². The van der Waals surface area contributed by atoms with Gasteiger partial charge in [0, 0.05) is 7.05 Å². The number of nitrogens with two attached hydrogens (primary N) is 2. The molecule has 1 aromatic heterocycles. The summed E-state index contributed by atoms with van der Waals surface area (Å²) < 4.78 is 6.04. The summed E-state index contributed by atoms with van der Waals surface area (Å²) >= 11 is 0. The van der Waals surface area contributed by atoms with Crippen LogP contribution in [0.2, 0.25) is 0 Å². The average molecular weight is 409 g/mol. The smallest absolute Gasteiger partial charge is 0.413 e. The zero-order valence-electron chi connectivity index (χ0n) is 16.5. The van der Waals surface area contributed by atoms with Crippen LogP contribution in [-0.4, -0.2) is 46.7 Å². The third-order valence-corrected chi connectivity index (χ3v) is 4.27. The van der Waals surface area contributed by atoms with Crippen LogP contribution in [0.25, 0.3) is 0 Å². The number of amides is 3. The number of imidazole rings is 1. The highest BCUT2D eigenvalue weighted by molar-refractivity contribution is 5.80. The molecule has 10 heteroatoms. The van der Waals surface area contributed by atoms with Crippen LogP contribution in [0.5, 0.6) is 0 Å². The Labute approximate surface area is 171 Å². The Morgan fingerprint density at radius 2 is 2.17 bits per heavy atom. The number of allylic oxidation sites excluding steroid dienone is 2. The van der Waals surface area contributed by atoms with E-state index in [1.807, 2.05) is 12.2 Å². The van der Waals surface area contributed by atoms with Crippen molar-refractivity contribution in [3.8, 4) is 0 Å². The van der Waals surface area contributed by atoms with Crippen LogP contribution >= 0.6 is 0 Å². The minimum Gasteiger partial charge on any atom is -0.445 e. The maximum atomic E-state index is 11.2. The van der Waals surface area contributed by atoms with Crippen LogP contribution in [0, 0.1) is 12.8 Å². The number of nitrogens with zero attached hydrogens (tertiary/aromatic N) is 3. The Morgan fingerprint density at radius 1 is 1.52 bits per heavy atom. The van der Waals surface area contributed by atoms with Crippen molar-refractivity contribution in [3.63, 3.8) is 0 Å². The molecular formula is C19H32N6O4. The number of hydrogen-bond acceptors (Lipinski definition) is 7. The largest absolute Gasteiger partial charge is 0.445 e. The zero-order chi connectivity index (χ0) is 21.3. The lowest BCUT2D eigenvalue weighted by Crippen LogP contribution is -2.36. The number of carbonyl (C=O) groups excluding carboxylic acids is 3. The summed E-state index contributed by atoms with van der Waals surface area (Å²) in [6.07, 6.45) is 6.00. The highest BCUT2D eigenvalue weighted by atomic mass is 16.5. The Hall–Kier alpha value is -3.14. The van der Waals surface area contributed by atoms with E-state index in [0.717, 1.165) is 29.8 Å². The van der Waals surface area contributed by atoms with Gasteiger partial charge in [-0.25, -0.2) is 25.0 Å². The molecule has 2 rings (SSSR count). The number of imide groups is 1. The van der Waals surface area contributed by atoms with E-state index in [1.165, 1.54) is 23.5 Å². The third kappa shape index (κ3) is 8.18. The first-order chi connectivity index (χ1) is 13.2. The van der Waals surface area contributed by atoms with Gasteiger partial charge in [0.25, 0.3) is 0 Å². The monoisotopic (exact) mass is 408 g/mol. The van der Waals surface area contributed by atoms with Crippen molar-refractivity contribution in [2.24, 2.45) is 11.8 Å². The van der Waals surface area contributed by atoms with Crippen molar-refractivity contribution < 1.29 is 19.1 Å². The third-order valence-electron chi connectivity index (χ3n) is 4.27. The van der Waals surface area contributed by atoms with Gasteiger partial charge in [0.05, 0.1) is 5.69 Å². The fourth-order valence-electron chi connectivity index (χ4n) is 2.48. The minimum atomic E-state index is -0.696. The predicted molar refractivity (Wildman–Crippen MR) is 112 cm³/mol. The van der Waals surface area contributed by atoms with E-state index in [1.54, 1.807) is 6.92 Å². The van der Waals surface area contributed by atoms with Crippen LogP contribution < -0.4 is 16.9 Å². The molecule has 1 unspecified atom stereocenters. The Morgan fingerprint density at radius 3 is 2.59 bits per heavy atom. The topological polar surface area (TPSA) is 146 Å². The molecule has 162 valence electrons. The fraction of sp³-hybridized carbons (Fsp3) is 0.474. The number of rotatable bonds is 4. The number of hydrazine groups is 1.